The van der Waals surface area contributed by atoms with Gasteiger partial charge in [0, 0.05) is 30.9 Å². The van der Waals surface area contributed by atoms with Gasteiger partial charge in [-0.25, -0.2) is 0 Å². The fourth-order valence-electron chi connectivity index (χ4n) is 3.14. The molecule has 1 heterocycles. The Kier molecular flexibility index (Phi) is 3.52. The maximum Gasteiger partial charge on any atom is 0.0419 e. The van der Waals surface area contributed by atoms with Gasteiger partial charge in [0.15, 0.2) is 0 Å². The minimum atomic E-state index is 0.436. The van der Waals surface area contributed by atoms with E-state index in [1.807, 2.05) is 0 Å². The Labute approximate surface area is 109 Å². The van der Waals surface area contributed by atoms with Gasteiger partial charge in [-0.05, 0) is 43.2 Å². The van der Waals surface area contributed by atoms with Gasteiger partial charge < -0.3 is 16.4 Å². The number of hydrogen-bond acceptors (Lipinski definition) is 3. The second-order valence-corrected chi connectivity index (χ2v) is 5.62. The Hall–Kier alpha value is -1.06. The smallest absolute Gasteiger partial charge is 0.0419 e. The van der Waals surface area contributed by atoms with Crippen LogP contribution in [-0.2, 0) is 13.0 Å². The number of hydrogen-bond donors (Lipinski definition) is 3. The number of nitrogens with one attached hydrogen (secondary N) is 2. The average molecular weight is 245 g/mol. The van der Waals surface area contributed by atoms with E-state index < -0.39 is 0 Å². The minimum absolute atomic E-state index is 0.436. The van der Waals surface area contributed by atoms with Crippen LogP contribution >= 0.6 is 0 Å². The van der Waals surface area contributed by atoms with Crippen molar-refractivity contribution in [3.05, 3.63) is 29.3 Å². The van der Waals surface area contributed by atoms with E-state index in [1.54, 1.807) is 0 Å². The Balaban J connectivity index is 1.59. The molecule has 1 fully saturated rings. The van der Waals surface area contributed by atoms with Crippen molar-refractivity contribution in [2.75, 3.05) is 11.9 Å². The van der Waals surface area contributed by atoms with E-state index >= 15 is 0 Å². The van der Waals surface area contributed by atoms with Crippen molar-refractivity contribution in [1.29, 1.82) is 0 Å². The normalized spacial score (nSPS) is 26.7. The summed E-state index contributed by atoms with van der Waals surface area (Å²) in [6, 6.07) is 7.74. The van der Waals surface area contributed by atoms with Gasteiger partial charge in [0.1, 0.15) is 0 Å². The van der Waals surface area contributed by atoms with Gasteiger partial charge in [-0.1, -0.05) is 18.2 Å². The average Bonchev–Trinajstić information content (AvgIpc) is 2.87. The first-order chi connectivity index (χ1) is 8.83. The Morgan fingerprint density at radius 3 is 2.89 bits per heavy atom. The molecule has 2 aliphatic rings. The van der Waals surface area contributed by atoms with Crippen molar-refractivity contribution in [1.82, 2.24) is 5.32 Å². The molecular weight excluding hydrogens is 222 g/mol. The second-order valence-electron chi connectivity index (χ2n) is 5.62. The highest BCUT2D eigenvalue weighted by Gasteiger charge is 2.19. The van der Waals surface area contributed by atoms with E-state index in [0.717, 1.165) is 13.1 Å². The standard InChI is InChI=1S/C15H23N3/c16-13-4-6-14(7-5-13)18-10-12-3-1-2-11-8-9-17-15(11)12/h1-3,13-14,17-18H,4-10,16H2. The third kappa shape index (κ3) is 2.52. The zero-order valence-electron chi connectivity index (χ0n) is 10.9. The molecule has 0 atom stereocenters. The first-order valence-electron chi connectivity index (χ1n) is 7.16. The molecular formula is C15H23N3. The molecule has 1 aliphatic heterocycles. The molecule has 18 heavy (non-hydrogen) atoms. The fourth-order valence-corrected chi connectivity index (χ4v) is 3.14. The number of nitrogens with two attached hydrogens (primary N) is 1. The molecule has 4 N–H and O–H groups in total. The van der Waals surface area contributed by atoms with Crippen LogP contribution in [0, 0.1) is 0 Å². The van der Waals surface area contributed by atoms with Crippen molar-refractivity contribution in [3.63, 3.8) is 0 Å². The first-order valence-corrected chi connectivity index (χ1v) is 7.16. The highest BCUT2D eigenvalue weighted by atomic mass is 14.9. The lowest BCUT2D eigenvalue weighted by molar-refractivity contribution is 0.342. The Bertz CT molecular complexity index is 408. The molecule has 1 aromatic rings. The summed E-state index contributed by atoms with van der Waals surface area (Å²) in [7, 11) is 0. The Morgan fingerprint density at radius 2 is 2.06 bits per heavy atom. The lowest BCUT2D eigenvalue weighted by Gasteiger charge is -2.27. The summed E-state index contributed by atoms with van der Waals surface area (Å²) < 4.78 is 0. The van der Waals surface area contributed by atoms with Crippen LogP contribution in [0.25, 0.3) is 0 Å². The Morgan fingerprint density at radius 1 is 1.22 bits per heavy atom. The van der Waals surface area contributed by atoms with Crippen molar-refractivity contribution < 1.29 is 0 Å². The zero-order valence-corrected chi connectivity index (χ0v) is 10.9. The predicted octanol–water partition coefficient (Wildman–Crippen LogP) is 2.01. The molecule has 0 amide bonds. The van der Waals surface area contributed by atoms with E-state index in [0.29, 0.717) is 12.1 Å². The van der Waals surface area contributed by atoms with E-state index in [9.17, 15) is 0 Å². The van der Waals surface area contributed by atoms with Crippen LogP contribution < -0.4 is 16.4 Å². The van der Waals surface area contributed by atoms with Crippen molar-refractivity contribution >= 4 is 5.69 Å². The molecule has 1 aliphatic carbocycles. The van der Waals surface area contributed by atoms with Crippen LogP contribution in [0.15, 0.2) is 18.2 Å². The van der Waals surface area contributed by atoms with Crippen LogP contribution in [0.4, 0.5) is 5.69 Å². The van der Waals surface area contributed by atoms with Crippen molar-refractivity contribution in [2.24, 2.45) is 5.73 Å². The van der Waals surface area contributed by atoms with Crippen molar-refractivity contribution in [2.45, 2.75) is 50.7 Å². The second kappa shape index (κ2) is 5.29. The molecule has 1 aromatic carbocycles. The summed E-state index contributed by atoms with van der Waals surface area (Å²) in [5.74, 6) is 0. The van der Waals surface area contributed by atoms with E-state index in [1.165, 1.54) is 48.9 Å². The zero-order chi connectivity index (χ0) is 12.4. The van der Waals surface area contributed by atoms with Gasteiger partial charge in [-0.3, -0.25) is 0 Å². The van der Waals surface area contributed by atoms with Gasteiger partial charge in [0.25, 0.3) is 0 Å². The van der Waals surface area contributed by atoms with Gasteiger partial charge >= 0.3 is 0 Å². The maximum absolute atomic E-state index is 5.94. The monoisotopic (exact) mass is 245 g/mol. The third-order valence-electron chi connectivity index (χ3n) is 4.29. The quantitative estimate of drug-likeness (QED) is 0.763. The highest BCUT2D eigenvalue weighted by Crippen LogP contribution is 2.26. The van der Waals surface area contributed by atoms with Gasteiger partial charge in [0.2, 0.25) is 0 Å². The molecule has 0 unspecified atom stereocenters. The largest absolute Gasteiger partial charge is 0.384 e. The molecule has 98 valence electrons. The molecule has 3 rings (SSSR count). The van der Waals surface area contributed by atoms with Crippen LogP contribution in [0.3, 0.4) is 0 Å². The van der Waals surface area contributed by atoms with E-state index in [-0.39, 0.29) is 0 Å². The van der Waals surface area contributed by atoms with Gasteiger partial charge in [0.05, 0.1) is 0 Å². The molecule has 3 nitrogen and oxygen atoms in total. The summed E-state index contributed by atoms with van der Waals surface area (Å²) >= 11 is 0. The molecule has 0 aromatic heterocycles. The van der Waals surface area contributed by atoms with Crippen LogP contribution in [-0.4, -0.2) is 18.6 Å². The summed E-state index contributed by atoms with van der Waals surface area (Å²) in [6.07, 6.45) is 5.96. The van der Waals surface area contributed by atoms with Gasteiger partial charge in [-0.2, -0.15) is 0 Å². The highest BCUT2D eigenvalue weighted by molar-refractivity contribution is 5.61. The lowest BCUT2D eigenvalue weighted by Crippen LogP contribution is -2.37. The summed E-state index contributed by atoms with van der Waals surface area (Å²) in [5, 5.41) is 7.20. The third-order valence-corrected chi connectivity index (χ3v) is 4.29. The van der Waals surface area contributed by atoms with Crippen molar-refractivity contribution in [3.8, 4) is 0 Å². The SMILES string of the molecule is NC1CCC(NCc2cccc3c2NCC3)CC1. The maximum atomic E-state index is 5.94. The minimum Gasteiger partial charge on any atom is -0.384 e. The predicted molar refractivity (Wildman–Crippen MR) is 75.7 cm³/mol. The summed E-state index contributed by atoms with van der Waals surface area (Å²) in [4.78, 5) is 0. The number of rotatable bonds is 3. The molecule has 0 saturated heterocycles. The fraction of sp³-hybridized carbons (Fsp3) is 0.600. The molecule has 1 saturated carbocycles. The van der Waals surface area contributed by atoms with Crippen LogP contribution in [0.1, 0.15) is 36.8 Å². The van der Waals surface area contributed by atoms with Crippen LogP contribution in [0.2, 0.25) is 0 Å². The number of fused-ring (bicyclic) bond motifs is 1. The van der Waals surface area contributed by atoms with E-state index in [4.69, 9.17) is 5.73 Å². The first kappa shape index (κ1) is 12.0. The topological polar surface area (TPSA) is 50.1 Å². The molecule has 0 radical (unpaired) electrons. The van der Waals surface area contributed by atoms with Gasteiger partial charge in [-0.15, -0.1) is 0 Å². The summed E-state index contributed by atoms with van der Waals surface area (Å²) in [6.45, 7) is 2.07. The summed E-state index contributed by atoms with van der Waals surface area (Å²) in [5.41, 5.74) is 10.2. The lowest BCUT2D eigenvalue weighted by atomic mass is 9.91. The molecule has 3 heteroatoms. The number of anilines is 1. The number of para-hydroxylation sites is 1. The molecule has 0 spiro atoms. The number of benzene rings is 1. The van der Waals surface area contributed by atoms with E-state index in [2.05, 4.69) is 28.8 Å². The molecule has 0 bridgehead atoms. The van der Waals surface area contributed by atoms with Crippen LogP contribution in [0.5, 0.6) is 0 Å².